The van der Waals surface area contributed by atoms with E-state index in [1.807, 2.05) is 0 Å². The Morgan fingerprint density at radius 3 is 2.77 bits per heavy atom. The Labute approximate surface area is 134 Å². The first-order chi connectivity index (χ1) is 10.5. The predicted molar refractivity (Wildman–Crippen MR) is 81.0 cm³/mol. The van der Waals surface area contributed by atoms with Crippen molar-refractivity contribution in [1.82, 2.24) is 4.90 Å². The van der Waals surface area contributed by atoms with E-state index in [0.29, 0.717) is 10.2 Å². The van der Waals surface area contributed by atoms with E-state index in [4.69, 9.17) is 5.11 Å². The number of nitrogens with zero attached hydrogens (tertiary/aromatic N) is 1. The van der Waals surface area contributed by atoms with Gasteiger partial charge in [-0.05, 0) is 18.2 Å². The summed E-state index contributed by atoms with van der Waals surface area (Å²) in [6.07, 6.45) is 1.13. The smallest absolute Gasteiger partial charge is 0.340 e. The normalized spacial score (nSPS) is 14.1. The summed E-state index contributed by atoms with van der Waals surface area (Å²) in [6.45, 7) is -0.395. The molecule has 22 heavy (non-hydrogen) atoms. The largest absolute Gasteiger partial charge is 0.465 e. The Morgan fingerprint density at radius 2 is 2.14 bits per heavy atom. The second-order valence-corrected chi connectivity index (χ2v) is 5.30. The molecule has 0 aliphatic carbocycles. The number of esters is 1. The van der Waals surface area contributed by atoms with Crippen LogP contribution in [0.3, 0.4) is 0 Å². The van der Waals surface area contributed by atoms with Gasteiger partial charge in [-0.3, -0.25) is 14.5 Å². The van der Waals surface area contributed by atoms with Gasteiger partial charge < -0.3 is 15.2 Å². The third-order valence-electron chi connectivity index (χ3n) is 2.99. The van der Waals surface area contributed by atoms with Crippen LogP contribution < -0.4 is 5.32 Å². The number of nitrogens with one attached hydrogen (secondary N) is 1. The van der Waals surface area contributed by atoms with Gasteiger partial charge in [0.15, 0.2) is 0 Å². The predicted octanol–water partition coefficient (Wildman–Crippen LogP) is 0.893. The number of imide groups is 1. The zero-order chi connectivity index (χ0) is 16.3. The van der Waals surface area contributed by atoms with Crippen molar-refractivity contribution in [3.05, 3.63) is 40.0 Å². The Hall–Kier alpha value is -2.19. The van der Waals surface area contributed by atoms with Crippen molar-refractivity contribution < 1.29 is 24.2 Å². The number of amides is 2. The highest BCUT2D eigenvalue weighted by Crippen LogP contribution is 2.25. The van der Waals surface area contributed by atoms with Crippen LogP contribution in [0, 0.1) is 0 Å². The standard InChI is InChI=1S/C14H13BrN2O5/c1-22-14(21)9-6-8(15)2-3-10(9)16-11-7-12(19)17(4-5-18)13(11)20/h2-3,6-7,16,18H,4-5H2,1H3. The molecule has 0 spiro atoms. The quantitative estimate of drug-likeness (QED) is 0.591. The monoisotopic (exact) mass is 368 g/mol. The number of benzene rings is 1. The van der Waals surface area contributed by atoms with Crippen LogP contribution in [-0.2, 0) is 14.3 Å². The number of carbonyl (C=O) groups is 3. The third kappa shape index (κ3) is 3.18. The van der Waals surface area contributed by atoms with Crippen molar-refractivity contribution in [2.24, 2.45) is 0 Å². The van der Waals surface area contributed by atoms with Gasteiger partial charge in [-0.2, -0.15) is 0 Å². The van der Waals surface area contributed by atoms with Gasteiger partial charge in [-0.15, -0.1) is 0 Å². The van der Waals surface area contributed by atoms with Gasteiger partial charge in [0.05, 0.1) is 31.5 Å². The molecule has 0 saturated heterocycles. The average molecular weight is 369 g/mol. The van der Waals surface area contributed by atoms with Crippen molar-refractivity contribution >= 4 is 39.4 Å². The lowest BCUT2D eigenvalue weighted by atomic mass is 10.1. The Balaban J connectivity index is 2.29. The van der Waals surface area contributed by atoms with Crippen molar-refractivity contribution in [1.29, 1.82) is 0 Å². The highest BCUT2D eigenvalue weighted by atomic mass is 79.9. The van der Waals surface area contributed by atoms with Crippen LogP contribution in [0.1, 0.15) is 10.4 Å². The molecule has 2 N–H and O–H groups in total. The number of methoxy groups -OCH3 is 1. The lowest BCUT2D eigenvalue weighted by Crippen LogP contribution is -2.34. The minimum atomic E-state index is -0.576. The fraction of sp³-hybridized carbons (Fsp3) is 0.214. The molecule has 1 aliphatic heterocycles. The fourth-order valence-corrected chi connectivity index (χ4v) is 2.32. The topological polar surface area (TPSA) is 95.9 Å². The van der Waals surface area contributed by atoms with E-state index < -0.39 is 17.8 Å². The second kappa shape index (κ2) is 6.71. The highest BCUT2D eigenvalue weighted by molar-refractivity contribution is 9.10. The summed E-state index contributed by atoms with van der Waals surface area (Å²) in [5, 5.41) is 11.6. The number of hydrogen-bond acceptors (Lipinski definition) is 6. The first-order valence-electron chi connectivity index (χ1n) is 6.31. The van der Waals surface area contributed by atoms with Crippen molar-refractivity contribution in [3.63, 3.8) is 0 Å². The van der Waals surface area contributed by atoms with Crippen molar-refractivity contribution in [2.75, 3.05) is 25.6 Å². The van der Waals surface area contributed by atoms with Gasteiger partial charge in [-0.1, -0.05) is 15.9 Å². The molecule has 2 rings (SSSR count). The van der Waals surface area contributed by atoms with Crippen LogP contribution in [0.25, 0.3) is 0 Å². The molecule has 116 valence electrons. The minimum Gasteiger partial charge on any atom is -0.465 e. The molecular weight excluding hydrogens is 356 g/mol. The van der Waals surface area contributed by atoms with Crippen LogP contribution >= 0.6 is 15.9 Å². The summed E-state index contributed by atoms with van der Waals surface area (Å²) in [7, 11) is 1.25. The number of ether oxygens (including phenoxy) is 1. The number of anilines is 1. The van der Waals surface area contributed by atoms with Gasteiger partial charge in [0, 0.05) is 10.5 Å². The number of rotatable bonds is 5. The molecule has 0 radical (unpaired) electrons. The zero-order valence-corrected chi connectivity index (χ0v) is 13.2. The van der Waals surface area contributed by atoms with Crippen LogP contribution in [0.15, 0.2) is 34.4 Å². The number of aliphatic hydroxyl groups excluding tert-OH is 1. The van der Waals surface area contributed by atoms with E-state index in [9.17, 15) is 14.4 Å². The molecule has 2 amide bonds. The average Bonchev–Trinajstić information content (AvgIpc) is 2.76. The van der Waals surface area contributed by atoms with E-state index in [1.165, 1.54) is 7.11 Å². The van der Waals surface area contributed by atoms with Crippen molar-refractivity contribution in [3.8, 4) is 0 Å². The summed E-state index contributed by atoms with van der Waals surface area (Å²) >= 11 is 3.25. The van der Waals surface area contributed by atoms with E-state index in [-0.39, 0.29) is 24.4 Å². The summed E-state index contributed by atoms with van der Waals surface area (Å²) in [4.78, 5) is 36.4. The van der Waals surface area contributed by atoms with E-state index in [1.54, 1.807) is 18.2 Å². The number of carbonyl (C=O) groups excluding carboxylic acids is 3. The van der Waals surface area contributed by atoms with E-state index in [0.717, 1.165) is 11.0 Å². The summed E-state index contributed by atoms with van der Waals surface area (Å²) in [5.41, 5.74) is 0.595. The minimum absolute atomic E-state index is 0.0333. The van der Waals surface area contributed by atoms with Crippen LogP contribution in [0.4, 0.5) is 5.69 Å². The maximum atomic E-state index is 12.1. The Bertz CT molecular complexity index is 671. The van der Waals surface area contributed by atoms with Crippen LogP contribution in [-0.4, -0.2) is 48.1 Å². The van der Waals surface area contributed by atoms with E-state index in [2.05, 4.69) is 26.0 Å². The summed E-state index contributed by atoms with van der Waals surface area (Å²) in [6, 6.07) is 4.81. The molecule has 0 bridgehead atoms. The first-order valence-corrected chi connectivity index (χ1v) is 7.10. The van der Waals surface area contributed by atoms with Gasteiger partial charge in [0.2, 0.25) is 0 Å². The summed E-state index contributed by atoms with van der Waals surface area (Å²) < 4.78 is 5.36. The molecule has 7 nitrogen and oxygen atoms in total. The maximum absolute atomic E-state index is 12.1. The number of aliphatic hydroxyl groups is 1. The zero-order valence-electron chi connectivity index (χ0n) is 11.6. The number of halogens is 1. The van der Waals surface area contributed by atoms with Gasteiger partial charge >= 0.3 is 5.97 Å². The molecule has 1 aliphatic rings. The molecule has 1 aromatic carbocycles. The lowest BCUT2D eigenvalue weighted by molar-refractivity contribution is -0.137. The molecule has 0 unspecified atom stereocenters. The molecule has 1 aromatic rings. The SMILES string of the molecule is COC(=O)c1cc(Br)ccc1NC1=CC(=O)N(CCO)C1=O. The van der Waals surface area contributed by atoms with Gasteiger partial charge in [0.25, 0.3) is 11.8 Å². The third-order valence-corrected chi connectivity index (χ3v) is 3.48. The molecule has 0 fully saturated rings. The number of β-amino-alcohol motifs (C(OH)–C–C–N with tert-alkyl or cyclic N) is 1. The molecule has 1 heterocycles. The first kappa shape index (κ1) is 16.2. The molecule has 8 heteroatoms. The summed E-state index contributed by atoms with van der Waals surface area (Å²) in [5.74, 6) is -1.65. The van der Waals surface area contributed by atoms with Gasteiger partial charge in [0.1, 0.15) is 5.70 Å². The fourth-order valence-electron chi connectivity index (χ4n) is 1.96. The highest BCUT2D eigenvalue weighted by Gasteiger charge is 2.31. The van der Waals surface area contributed by atoms with Gasteiger partial charge in [-0.25, -0.2) is 4.79 Å². The second-order valence-electron chi connectivity index (χ2n) is 4.38. The Kier molecular flexibility index (Phi) is 4.94. The lowest BCUT2D eigenvalue weighted by Gasteiger charge is -2.14. The van der Waals surface area contributed by atoms with Crippen LogP contribution in [0.5, 0.6) is 0 Å². The van der Waals surface area contributed by atoms with Crippen LogP contribution in [0.2, 0.25) is 0 Å². The molecule has 0 aromatic heterocycles. The van der Waals surface area contributed by atoms with Crippen molar-refractivity contribution in [2.45, 2.75) is 0 Å². The maximum Gasteiger partial charge on any atom is 0.340 e. The van der Waals surface area contributed by atoms with E-state index >= 15 is 0 Å². The molecule has 0 atom stereocenters. The molecule has 0 saturated carbocycles. The molecular formula is C14H13BrN2O5. The number of hydrogen-bond donors (Lipinski definition) is 2. The Morgan fingerprint density at radius 1 is 1.41 bits per heavy atom.